The Kier molecular flexibility index (Phi) is 2.54. The summed E-state index contributed by atoms with van der Waals surface area (Å²) in [5.41, 5.74) is 1.51. The maximum absolute atomic E-state index is 12.4. The number of amides is 2. The third kappa shape index (κ3) is 1.85. The van der Waals surface area contributed by atoms with Gasteiger partial charge in [-0.3, -0.25) is 19.5 Å². The van der Waals surface area contributed by atoms with Crippen LogP contribution in [-0.2, 0) is 9.59 Å². The maximum Gasteiger partial charge on any atom is 0.250 e. The monoisotopic (exact) mass is 245 g/mol. The van der Waals surface area contributed by atoms with Crippen molar-refractivity contribution in [1.82, 2.24) is 10.3 Å². The number of pyridine rings is 1. The van der Waals surface area contributed by atoms with Crippen molar-refractivity contribution >= 4 is 17.5 Å². The van der Waals surface area contributed by atoms with Gasteiger partial charge in [0.05, 0.1) is 11.4 Å². The van der Waals surface area contributed by atoms with Crippen LogP contribution in [0.25, 0.3) is 0 Å². The van der Waals surface area contributed by atoms with Crippen molar-refractivity contribution in [1.29, 1.82) is 0 Å². The van der Waals surface area contributed by atoms with Crippen LogP contribution in [0, 0.1) is 12.8 Å². The molecule has 1 unspecified atom stereocenters. The van der Waals surface area contributed by atoms with E-state index >= 15 is 0 Å². The fourth-order valence-corrected chi connectivity index (χ4v) is 2.38. The molecule has 2 amide bonds. The molecule has 1 aliphatic carbocycles. The summed E-state index contributed by atoms with van der Waals surface area (Å²) in [6, 6.07) is 3.28. The molecule has 2 heterocycles. The van der Waals surface area contributed by atoms with E-state index in [1.165, 1.54) is 0 Å². The van der Waals surface area contributed by atoms with Crippen molar-refractivity contribution < 1.29 is 9.59 Å². The first-order valence-corrected chi connectivity index (χ1v) is 6.19. The molecule has 0 radical (unpaired) electrons. The first-order chi connectivity index (χ1) is 8.66. The number of anilines is 1. The van der Waals surface area contributed by atoms with Gasteiger partial charge in [0.15, 0.2) is 0 Å². The zero-order valence-electron chi connectivity index (χ0n) is 10.2. The average Bonchev–Trinajstić information content (AvgIpc) is 3.17. The lowest BCUT2D eigenvalue weighted by Crippen LogP contribution is -2.59. The van der Waals surface area contributed by atoms with Crippen LogP contribution in [0.5, 0.6) is 0 Å². The van der Waals surface area contributed by atoms with Crippen molar-refractivity contribution in [2.75, 3.05) is 11.4 Å². The van der Waals surface area contributed by atoms with Crippen LogP contribution in [-0.4, -0.2) is 29.4 Å². The highest BCUT2D eigenvalue weighted by molar-refractivity contribution is 6.07. The second kappa shape index (κ2) is 4.08. The number of aryl methyl sites for hydroxylation is 1. The summed E-state index contributed by atoms with van der Waals surface area (Å²) in [7, 11) is 0. The van der Waals surface area contributed by atoms with Gasteiger partial charge in [0.25, 0.3) is 0 Å². The van der Waals surface area contributed by atoms with Crippen LogP contribution >= 0.6 is 0 Å². The zero-order chi connectivity index (χ0) is 12.7. The number of carbonyl (C=O) groups is 2. The summed E-state index contributed by atoms with van der Waals surface area (Å²) in [6.07, 6.45) is 3.73. The van der Waals surface area contributed by atoms with Crippen LogP contribution in [0.4, 0.5) is 5.69 Å². The van der Waals surface area contributed by atoms with Crippen LogP contribution in [0.1, 0.15) is 18.5 Å². The number of hydrogen-bond donors (Lipinski definition) is 1. The third-order valence-corrected chi connectivity index (χ3v) is 3.51. The smallest absolute Gasteiger partial charge is 0.250 e. The topological polar surface area (TPSA) is 62.3 Å². The van der Waals surface area contributed by atoms with Gasteiger partial charge >= 0.3 is 0 Å². The van der Waals surface area contributed by atoms with Crippen LogP contribution in [0.2, 0.25) is 0 Å². The number of nitrogens with zero attached hydrogens (tertiary/aromatic N) is 2. The molecule has 0 bridgehead atoms. The molecule has 1 aromatic rings. The van der Waals surface area contributed by atoms with E-state index in [9.17, 15) is 9.59 Å². The Morgan fingerprint density at radius 3 is 2.83 bits per heavy atom. The highest BCUT2D eigenvalue weighted by Gasteiger charge is 2.43. The largest absolute Gasteiger partial charge is 0.342 e. The van der Waals surface area contributed by atoms with Crippen molar-refractivity contribution in [3.8, 4) is 0 Å². The quantitative estimate of drug-likeness (QED) is 0.831. The van der Waals surface area contributed by atoms with Gasteiger partial charge in [-0.05, 0) is 37.8 Å². The number of hydrogen-bond acceptors (Lipinski definition) is 3. The second-order valence-corrected chi connectivity index (χ2v) is 4.91. The van der Waals surface area contributed by atoms with Crippen molar-refractivity contribution in [2.45, 2.75) is 25.8 Å². The zero-order valence-corrected chi connectivity index (χ0v) is 10.2. The van der Waals surface area contributed by atoms with Crippen molar-refractivity contribution in [2.24, 2.45) is 5.92 Å². The van der Waals surface area contributed by atoms with Gasteiger partial charge in [0.1, 0.15) is 12.6 Å². The fourth-order valence-electron chi connectivity index (χ4n) is 2.38. The molecule has 94 valence electrons. The Morgan fingerprint density at radius 1 is 1.39 bits per heavy atom. The lowest BCUT2D eigenvalue weighted by Gasteiger charge is -2.33. The lowest BCUT2D eigenvalue weighted by atomic mass is 10.1. The van der Waals surface area contributed by atoms with E-state index in [0.29, 0.717) is 5.92 Å². The number of carbonyl (C=O) groups excluding carboxylic acids is 2. The Morgan fingerprint density at radius 2 is 2.17 bits per heavy atom. The molecule has 2 fully saturated rings. The van der Waals surface area contributed by atoms with Gasteiger partial charge in [0.2, 0.25) is 11.8 Å². The number of aromatic nitrogens is 1. The first-order valence-electron chi connectivity index (χ1n) is 6.19. The van der Waals surface area contributed by atoms with E-state index in [1.54, 1.807) is 17.2 Å². The highest BCUT2D eigenvalue weighted by Crippen LogP contribution is 2.35. The molecule has 18 heavy (non-hydrogen) atoms. The number of nitrogens with one attached hydrogen (secondary N) is 1. The molecule has 5 nitrogen and oxygen atoms in total. The molecule has 1 aliphatic heterocycles. The van der Waals surface area contributed by atoms with Crippen molar-refractivity contribution in [3.05, 3.63) is 24.0 Å². The van der Waals surface area contributed by atoms with E-state index < -0.39 is 0 Å². The minimum absolute atomic E-state index is 0.00630. The van der Waals surface area contributed by atoms with Crippen LogP contribution < -0.4 is 10.2 Å². The summed E-state index contributed by atoms with van der Waals surface area (Å²) in [4.78, 5) is 29.8. The highest BCUT2D eigenvalue weighted by atomic mass is 16.2. The minimum Gasteiger partial charge on any atom is -0.342 e. The predicted octanol–water partition coefficient (Wildman–Crippen LogP) is 0.631. The maximum atomic E-state index is 12.4. The Bertz CT molecular complexity index is 511. The number of piperazine rings is 1. The third-order valence-electron chi connectivity index (χ3n) is 3.51. The van der Waals surface area contributed by atoms with E-state index in [4.69, 9.17) is 0 Å². The summed E-state index contributed by atoms with van der Waals surface area (Å²) >= 11 is 0. The van der Waals surface area contributed by atoms with Crippen molar-refractivity contribution in [3.63, 3.8) is 0 Å². The average molecular weight is 245 g/mol. The van der Waals surface area contributed by atoms with E-state index in [-0.39, 0.29) is 24.4 Å². The summed E-state index contributed by atoms with van der Waals surface area (Å²) < 4.78 is 0. The summed E-state index contributed by atoms with van der Waals surface area (Å²) in [5, 5.41) is 2.80. The SMILES string of the molecule is Cc1ncccc1N1CC(=O)NC(C2CC2)C1=O. The van der Waals surface area contributed by atoms with E-state index in [0.717, 1.165) is 24.2 Å². The van der Waals surface area contributed by atoms with Gasteiger partial charge in [-0.15, -0.1) is 0 Å². The molecular weight excluding hydrogens is 230 g/mol. The Balaban J connectivity index is 1.93. The van der Waals surface area contributed by atoms with Gasteiger partial charge in [0, 0.05) is 6.20 Å². The molecule has 5 heteroatoms. The van der Waals surface area contributed by atoms with Gasteiger partial charge in [-0.1, -0.05) is 0 Å². The van der Waals surface area contributed by atoms with Crippen LogP contribution in [0.15, 0.2) is 18.3 Å². The minimum atomic E-state index is -0.342. The Labute approximate surface area is 105 Å². The van der Waals surface area contributed by atoms with Crippen LogP contribution in [0.3, 0.4) is 0 Å². The molecule has 1 atom stereocenters. The Hall–Kier alpha value is -1.91. The normalized spacial score (nSPS) is 24.1. The van der Waals surface area contributed by atoms with Gasteiger partial charge < -0.3 is 5.32 Å². The van der Waals surface area contributed by atoms with E-state index in [2.05, 4.69) is 10.3 Å². The van der Waals surface area contributed by atoms with E-state index in [1.807, 2.05) is 13.0 Å². The summed E-state index contributed by atoms with van der Waals surface area (Å²) in [6.45, 7) is 1.94. The second-order valence-electron chi connectivity index (χ2n) is 4.91. The lowest BCUT2D eigenvalue weighted by molar-refractivity contribution is -0.131. The molecule has 1 saturated carbocycles. The van der Waals surface area contributed by atoms with Gasteiger partial charge in [-0.25, -0.2) is 0 Å². The standard InChI is InChI=1S/C13H15N3O2/c1-8-10(3-2-6-14-8)16-7-11(17)15-12(13(16)18)9-4-5-9/h2-3,6,9,12H,4-5,7H2,1H3,(H,15,17). The summed E-state index contributed by atoms with van der Waals surface area (Å²) in [5.74, 6) is 0.226. The molecule has 1 N–H and O–H groups in total. The first kappa shape index (κ1) is 11.2. The molecule has 1 aromatic heterocycles. The molecule has 3 rings (SSSR count). The fraction of sp³-hybridized carbons (Fsp3) is 0.462. The predicted molar refractivity (Wildman–Crippen MR) is 66.0 cm³/mol. The molecule has 0 spiro atoms. The number of rotatable bonds is 2. The van der Waals surface area contributed by atoms with Gasteiger partial charge in [-0.2, -0.15) is 0 Å². The molecular formula is C13H15N3O2. The molecule has 1 saturated heterocycles. The molecule has 2 aliphatic rings. The molecule has 0 aromatic carbocycles.